The number of carbonyl (C=O) groups excluding carboxylic acids is 1. The first-order valence-electron chi connectivity index (χ1n) is 8.25. The summed E-state index contributed by atoms with van der Waals surface area (Å²) < 4.78 is 15.5. The van der Waals surface area contributed by atoms with Gasteiger partial charge in [-0.3, -0.25) is 4.79 Å². The van der Waals surface area contributed by atoms with E-state index in [1.165, 1.54) is 17.7 Å². The van der Waals surface area contributed by atoms with Gasteiger partial charge in [-0.25, -0.2) is 4.39 Å². The molecule has 1 N–H and O–H groups in total. The van der Waals surface area contributed by atoms with Crippen LogP contribution in [0.3, 0.4) is 0 Å². The molecule has 2 aromatic rings. The van der Waals surface area contributed by atoms with Crippen molar-refractivity contribution < 1.29 is 9.18 Å². The molecule has 122 valence electrons. The first-order valence-corrected chi connectivity index (χ1v) is 8.25. The third-order valence-corrected chi connectivity index (χ3v) is 4.63. The van der Waals surface area contributed by atoms with Gasteiger partial charge in [-0.15, -0.1) is 0 Å². The Morgan fingerprint density at radius 3 is 2.70 bits per heavy atom. The van der Waals surface area contributed by atoms with Gasteiger partial charge in [-0.2, -0.15) is 0 Å². The summed E-state index contributed by atoms with van der Waals surface area (Å²) in [7, 11) is 0. The Morgan fingerprint density at radius 1 is 1.35 bits per heavy atom. The van der Waals surface area contributed by atoms with Crippen molar-refractivity contribution >= 4 is 5.91 Å². The van der Waals surface area contributed by atoms with Crippen LogP contribution in [0.25, 0.3) is 0 Å². The van der Waals surface area contributed by atoms with Crippen LogP contribution in [0, 0.1) is 19.7 Å². The number of aromatic nitrogens is 1. The van der Waals surface area contributed by atoms with Gasteiger partial charge >= 0.3 is 0 Å². The molecule has 3 rings (SSSR count). The Morgan fingerprint density at radius 2 is 2.09 bits per heavy atom. The van der Waals surface area contributed by atoms with Crippen LogP contribution < -0.4 is 5.32 Å². The zero-order chi connectivity index (χ0) is 16.6. The molecule has 1 aromatic heterocycles. The van der Waals surface area contributed by atoms with E-state index in [9.17, 15) is 9.18 Å². The van der Waals surface area contributed by atoms with Gasteiger partial charge in [0.05, 0.1) is 0 Å². The number of hydrogen-bond donors (Lipinski definition) is 1. The molecule has 1 heterocycles. The molecule has 1 fully saturated rings. The summed E-state index contributed by atoms with van der Waals surface area (Å²) in [4.78, 5) is 12.7. The van der Waals surface area contributed by atoms with Crippen LogP contribution >= 0.6 is 0 Å². The summed E-state index contributed by atoms with van der Waals surface area (Å²) in [6, 6.07) is 6.90. The number of carbonyl (C=O) groups is 1. The number of hydrogen-bond acceptors (Lipinski definition) is 1. The summed E-state index contributed by atoms with van der Waals surface area (Å²) >= 11 is 0. The molecule has 0 unspecified atom stereocenters. The van der Waals surface area contributed by atoms with E-state index in [2.05, 4.69) is 12.2 Å². The van der Waals surface area contributed by atoms with E-state index in [0.29, 0.717) is 12.6 Å². The van der Waals surface area contributed by atoms with E-state index in [4.69, 9.17) is 0 Å². The Balaban J connectivity index is 2.00. The molecule has 1 saturated carbocycles. The monoisotopic (exact) mass is 314 g/mol. The quantitative estimate of drug-likeness (QED) is 0.896. The van der Waals surface area contributed by atoms with Crippen molar-refractivity contribution in [3.8, 4) is 0 Å². The van der Waals surface area contributed by atoms with Crippen LogP contribution in [0.15, 0.2) is 24.3 Å². The maximum Gasteiger partial charge on any atom is 0.268 e. The SMILES string of the molecule is CCc1c(C)c(C(=O)NC2CC2)n(Cc2cccc(F)c2)c1C. The molecule has 0 spiro atoms. The van der Waals surface area contributed by atoms with Gasteiger partial charge in [0.2, 0.25) is 0 Å². The molecule has 0 atom stereocenters. The lowest BCUT2D eigenvalue weighted by Gasteiger charge is -2.13. The van der Waals surface area contributed by atoms with Gasteiger partial charge in [-0.05, 0) is 61.9 Å². The number of nitrogens with one attached hydrogen (secondary N) is 1. The number of nitrogens with zero attached hydrogens (tertiary/aromatic N) is 1. The van der Waals surface area contributed by atoms with E-state index < -0.39 is 0 Å². The van der Waals surface area contributed by atoms with Crippen molar-refractivity contribution in [2.24, 2.45) is 0 Å². The van der Waals surface area contributed by atoms with E-state index in [1.54, 1.807) is 6.07 Å². The van der Waals surface area contributed by atoms with Crippen LogP contribution in [-0.2, 0) is 13.0 Å². The van der Waals surface area contributed by atoms with Gasteiger partial charge in [0.1, 0.15) is 11.5 Å². The molecule has 23 heavy (non-hydrogen) atoms. The highest BCUT2D eigenvalue weighted by Crippen LogP contribution is 2.26. The zero-order valence-corrected chi connectivity index (χ0v) is 13.9. The predicted octanol–water partition coefficient (Wildman–Crippen LogP) is 3.75. The van der Waals surface area contributed by atoms with Gasteiger partial charge < -0.3 is 9.88 Å². The van der Waals surface area contributed by atoms with E-state index in [1.807, 2.05) is 24.5 Å². The van der Waals surface area contributed by atoms with Crippen molar-refractivity contribution in [1.82, 2.24) is 9.88 Å². The van der Waals surface area contributed by atoms with E-state index in [0.717, 1.165) is 41.8 Å². The number of amides is 1. The lowest BCUT2D eigenvalue weighted by molar-refractivity contribution is 0.0941. The summed E-state index contributed by atoms with van der Waals surface area (Å²) in [6.07, 6.45) is 3.02. The molecule has 1 aliphatic rings. The van der Waals surface area contributed by atoms with Gasteiger partial charge in [0, 0.05) is 18.3 Å². The van der Waals surface area contributed by atoms with Crippen molar-refractivity contribution in [1.29, 1.82) is 0 Å². The number of benzene rings is 1. The lowest BCUT2D eigenvalue weighted by Crippen LogP contribution is -2.28. The van der Waals surface area contributed by atoms with Crippen LogP contribution in [-0.4, -0.2) is 16.5 Å². The van der Waals surface area contributed by atoms with Gasteiger partial charge in [0.25, 0.3) is 5.91 Å². The van der Waals surface area contributed by atoms with Crippen molar-refractivity contribution in [3.05, 3.63) is 58.2 Å². The normalized spacial score (nSPS) is 14.1. The minimum Gasteiger partial charge on any atom is -0.348 e. The highest BCUT2D eigenvalue weighted by molar-refractivity contribution is 5.95. The highest BCUT2D eigenvalue weighted by atomic mass is 19.1. The van der Waals surface area contributed by atoms with Crippen LogP contribution in [0.1, 0.15) is 52.6 Å². The Kier molecular flexibility index (Phi) is 4.24. The largest absolute Gasteiger partial charge is 0.348 e. The lowest BCUT2D eigenvalue weighted by atomic mass is 10.1. The summed E-state index contributed by atoms with van der Waals surface area (Å²) in [6.45, 7) is 6.66. The molecular weight excluding hydrogens is 291 g/mol. The second kappa shape index (κ2) is 6.19. The Hall–Kier alpha value is -2.10. The molecule has 0 saturated heterocycles. The van der Waals surface area contributed by atoms with Crippen LogP contribution in [0.2, 0.25) is 0 Å². The molecule has 1 amide bonds. The number of rotatable bonds is 5. The van der Waals surface area contributed by atoms with Gasteiger partial charge in [0.15, 0.2) is 0 Å². The molecular formula is C19H23FN2O. The number of halogens is 1. The van der Waals surface area contributed by atoms with E-state index in [-0.39, 0.29) is 11.7 Å². The van der Waals surface area contributed by atoms with Crippen molar-refractivity contribution in [3.63, 3.8) is 0 Å². The minimum atomic E-state index is -0.247. The highest BCUT2D eigenvalue weighted by Gasteiger charge is 2.28. The Bertz CT molecular complexity index is 744. The average Bonchev–Trinajstić information content (AvgIpc) is 3.27. The van der Waals surface area contributed by atoms with Gasteiger partial charge in [-0.1, -0.05) is 19.1 Å². The minimum absolute atomic E-state index is 0.01000. The maximum absolute atomic E-state index is 13.5. The summed E-state index contributed by atoms with van der Waals surface area (Å²) in [5.74, 6) is -0.257. The fraction of sp³-hybridized carbons (Fsp3) is 0.421. The third kappa shape index (κ3) is 3.16. The molecule has 4 heteroatoms. The van der Waals surface area contributed by atoms with Crippen molar-refractivity contribution in [2.45, 2.75) is 52.6 Å². The van der Waals surface area contributed by atoms with Crippen molar-refractivity contribution in [2.75, 3.05) is 0 Å². The molecule has 1 aliphatic carbocycles. The topological polar surface area (TPSA) is 34.0 Å². The molecule has 3 nitrogen and oxygen atoms in total. The third-order valence-electron chi connectivity index (χ3n) is 4.63. The maximum atomic E-state index is 13.5. The second-order valence-corrected chi connectivity index (χ2v) is 6.35. The first kappa shape index (κ1) is 15.8. The summed E-state index contributed by atoms with van der Waals surface area (Å²) in [5.41, 5.74) is 4.93. The zero-order valence-electron chi connectivity index (χ0n) is 13.9. The molecule has 1 aromatic carbocycles. The molecule has 0 aliphatic heterocycles. The van der Waals surface area contributed by atoms with E-state index >= 15 is 0 Å². The van der Waals surface area contributed by atoms with Crippen LogP contribution in [0.5, 0.6) is 0 Å². The Labute approximate surface area is 136 Å². The fourth-order valence-electron chi connectivity index (χ4n) is 3.26. The average molecular weight is 314 g/mol. The molecule has 0 radical (unpaired) electrons. The standard InChI is InChI=1S/C19H23FN2O/c1-4-17-12(2)18(19(23)21-16-8-9-16)22(13(17)3)11-14-6-5-7-15(20)10-14/h5-7,10,16H,4,8-9,11H2,1-3H3,(H,21,23). The fourth-order valence-corrected chi connectivity index (χ4v) is 3.26. The molecule has 0 bridgehead atoms. The smallest absolute Gasteiger partial charge is 0.268 e. The van der Waals surface area contributed by atoms with Crippen LogP contribution in [0.4, 0.5) is 4.39 Å². The second-order valence-electron chi connectivity index (χ2n) is 6.35. The first-order chi connectivity index (χ1) is 11.0. The summed E-state index contributed by atoms with van der Waals surface area (Å²) in [5, 5.41) is 3.08. The predicted molar refractivity (Wildman–Crippen MR) is 89.3 cm³/mol.